The molecule has 6 rings (SSSR count). The largest absolute Gasteiger partial charge is 0.371 e. The van der Waals surface area contributed by atoms with Gasteiger partial charge in [0.15, 0.2) is 5.82 Å². The lowest BCUT2D eigenvalue weighted by Crippen LogP contribution is -2.31. The van der Waals surface area contributed by atoms with Gasteiger partial charge >= 0.3 is 0 Å². The molecule has 1 aliphatic rings. The SMILES string of the molecule is CC[C@@H](C)C(=O)Nc1ncc(-c2cccc(C(=O)N(C)C)c2)n(Cc2cc(N3CCCC3)cc(-n3cc(C)c4cc(F)ccc43)c2)c1=O. The fraction of sp³-hybridized carbons (Fsp3) is 0.316. The molecule has 48 heavy (non-hydrogen) atoms. The maximum atomic E-state index is 14.2. The molecule has 0 radical (unpaired) electrons. The van der Waals surface area contributed by atoms with E-state index in [2.05, 4.69) is 31.9 Å². The van der Waals surface area contributed by atoms with Crippen LogP contribution < -0.4 is 15.8 Å². The smallest absolute Gasteiger partial charge is 0.294 e. The summed E-state index contributed by atoms with van der Waals surface area (Å²) in [7, 11) is 3.39. The lowest BCUT2D eigenvalue weighted by Gasteiger charge is -2.22. The fourth-order valence-corrected chi connectivity index (χ4v) is 6.26. The molecule has 1 atom stereocenters. The van der Waals surface area contributed by atoms with Crippen LogP contribution in [-0.4, -0.2) is 58.0 Å². The zero-order chi connectivity index (χ0) is 34.1. The van der Waals surface area contributed by atoms with Crippen molar-refractivity contribution in [3.05, 3.63) is 106 Å². The molecule has 1 fully saturated rings. The van der Waals surface area contributed by atoms with Gasteiger partial charge in [-0.3, -0.25) is 19.0 Å². The molecular formula is C38H41FN6O3. The molecule has 2 amide bonds. The minimum Gasteiger partial charge on any atom is -0.371 e. The Balaban J connectivity index is 1.51. The van der Waals surface area contributed by atoms with Crippen LogP contribution in [0.25, 0.3) is 27.8 Å². The van der Waals surface area contributed by atoms with Gasteiger partial charge < -0.3 is 19.7 Å². The summed E-state index contributed by atoms with van der Waals surface area (Å²) in [5, 5.41) is 3.58. The normalized spacial score (nSPS) is 13.6. The van der Waals surface area contributed by atoms with Gasteiger partial charge in [-0.25, -0.2) is 9.37 Å². The lowest BCUT2D eigenvalue weighted by atomic mass is 10.1. The van der Waals surface area contributed by atoms with E-state index in [1.807, 2.05) is 39.1 Å². The Morgan fingerprint density at radius 3 is 2.50 bits per heavy atom. The summed E-state index contributed by atoms with van der Waals surface area (Å²) in [5.41, 5.74) is 5.84. The Bertz CT molecular complexity index is 2080. The molecule has 3 heterocycles. The second kappa shape index (κ2) is 13.5. The van der Waals surface area contributed by atoms with E-state index >= 15 is 0 Å². The molecule has 248 valence electrons. The summed E-state index contributed by atoms with van der Waals surface area (Å²) in [6.07, 6.45) is 6.41. The second-order valence-electron chi connectivity index (χ2n) is 12.9. The number of rotatable bonds is 9. The van der Waals surface area contributed by atoms with E-state index in [-0.39, 0.29) is 35.9 Å². The third-order valence-electron chi connectivity index (χ3n) is 9.19. The van der Waals surface area contributed by atoms with Crippen molar-refractivity contribution in [2.45, 2.75) is 46.6 Å². The molecule has 0 aliphatic carbocycles. The van der Waals surface area contributed by atoms with E-state index in [1.54, 1.807) is 55.2 Å². The van der Waals surface area contributed by atoms with Crippen molar-refractivity contribution in [3.8, 4) is 16.9 Å². The highest BCUT2D eigenvalue weighted by Crippen LogP contribution is 2.31. The first kappa shape index (κ1) is 32.7. The number of fused-ring (bicyclic) bond motifs is 1. The van der Waals surface area contributed by atoms with Crippen LogP contribution in [0, 0.1) is 18.7 Å². The molecule has 10 heteroatoms. The number of amides is 2. The van der Waals surface area contributed by atoms with Gasteiger partial charge in [0.25, 0.3) is 11.5 Å². The van der Waals surface area contributed by atoms with Crippen LogP contribution in [0.15, 0.2) is 77.9 Å². The number of nitrogens with zero attached hydrogens (tertiary/aromatic N) is 5. The first-order chi connectivity index (χ1) is 23.0. The summed E-state index contributed by atoms with van der Waals surface area (Å²) >= 11 is 0. The first-order valence-electron chi connectivity index (χ1n) is 16.4. The van der Waals surface area contributed by atoms with Gasteiger partial charge in [0, 0.05) is 67.2 Å². The molecule has 2 aromatic heterocycles. The Morgan fingerprint density at radius 1 is 1.02 bits per heavy atom. The topological polar surface area (TPSA) is 92.5 Å². The quantitative estimate of drug-likeness (QED) is 0.194. The molecule has 0 saturated carbocycles. The van der Waals surface area contributed by atoms with Crippen molar-refractivity contribution in [3.63, 3.8) is 0 Å². The molecule has 1 saturated heterocycles. The van der Waals surface area contributed by atoms with E-state index in [0.717, 1.165) is 59.3 Å². The van der Waals surface area contributed by atoms with Gasteiger partial charge in [0.2, 0.25) is 5.91 Å². The van der Waals surface area contributed by atoms with Crippen LogP contribution >= 0.6 is 0 Å². The van der Waals surface area contributed by atoms with Crippen molar-refractivity contribution >= 4 is 34.2 Å². The maximum absolute atomic E-state index is 14.2. The predicted octanol–water partition coefficient (Wildman–Crippen LogP) is 6.64. The Morgan fingerprint density at radius 2 is 1.77 bits per heavy atom. The predicted molar refractivity (Wildman–Crippen MR) is 189 cm³/mol. The lowest BCUT2D eigenvalue weighted by molar-refractivity contribution is -0.119. The molecule has 0 bridgehead atoms. The highest BCUT2D eigenvalue weighted by Gasteiger charge is 2.21. The molecule has 3 aromatic carbocycles. The fourth-order valence-electron chi connectivity index (χ4n) is 6.26. The first-order valence-corrected chi connectivity index (χ1v) is 16.4. The molecule has 0 unspecified atom stereocenters. The number of anilines is 2. The van der Waals surface area contributed by atoms with E-state index in [1.165, 1.54) is 11.0 Å². The molecule has 0 spiro atoms. The Labute approximate surface area is 279 Å². The van der Waals surface area contributed by atoms with Crippen molar-refractivity contribution in [1.29, 1.82) is 0 Å². The summed E-state index contributed by atoms with van der Waals surface area (Å²) in [6.45, 7) is 7.73. The minimum atomic E-state index is -0.445. The van der Waals surface area contributed by atoms with Crippen LogP contribution in [0.2, 0.25) is 0 Å². The number of hydrogen-bond acceptors (Lipinski definition) is 5. The van der Waals surface area contributed by atoms with Crippen molar-refractivity contribution < 1.29 is 14.0 Å². The maximum Gasteiger partial charge on any atom is 0.294 e. The van der Waals surface area contributed by atoms with Gasteiger partial charge in [-0.15, -0.1) is 0 Å². The average Bonchev–Trinajstić information content (AvgIpc) is 3.74. The van der Waals surface area contributed by atoms with Crippen LogP contribution in [0.5, 0.6) is 0 Å². The van der Waals surface area contributed by atoms with Crippen LogP contribution in [-0.2, 0) is 11.3 Å². The summed E-state index contributed by atoms with van der Waals surface area (Å²) < 4.78 is 17.9. The minimum absolute atomic E-state index is 0.0467. The van der Waals surface area contributed by atoms with Crippen molar-refractivity contribution in [1.82, 2.24) is 19.0 Å². The van der Waals surface area contributed by atoms with E-state index < -0.39 is 5.56 Å². The van der Waals surface area contributed by atoms with Crippen LogP contribution in [0.3, 0.4) is 0 Å². The number of carbonyl (C=O) groups excluding carboxylic acids is 2. The third-order valence-corrected chi connectivity index (χ3v) is 9.19. The van der Waals surface area contributed by atoms with Gasteiger partial charge in [0.05, 0.1) is 24.0 Å². The molecule has 5 aromatic rings. The van der Waals surface area contributed by atoms with Gasteiger partial charge in [-0.2, -0.15) is 0 Å². The molecule has 1 N–H and O–H groups in total. The number of aryl methyl sites for hydroxylation is 1. The standard InChI is InChI=1S/C38H41FN6O3/c1-6-24(2)36(46)41-35-38(48)45(34(21-40-35)27-10-9-11-28(18-27)37(47)42(4)5)23-26-16-30(43-14-7-8-15-43)20-31(17-26)44-22-25(3)32-19-29(39)12-13-33(32)44/h9-13,16-22,24H,6-8,14-15,23H2,1-5H3,(H,40,41,46)/t24-/m1/s1. The van der Waals surface area contributed by atoms with Crippen LogP contribution in [0.4, 0.5) is 15.9 Å². The summed E-state index contributed by atoms with van der Waals surface area (Å²) in [5.74, 6) is -1.06. The zero-order valence-corrected chi connectivity index (χ0v) is 28.1. The van der Waals surface area contributed by atoms with E-state index in [9.17, 15) is 18.8 Å². The number of benzene rings is 3. The van der Waals surface area contributed by atoms with Gasteiger partial charge in [-0.05, 0) is 85.8 Å². The molecule has 9 nitrogen and oxygen atoms in total. The van der Waals surface area contributed by atoms with Crippen molar-refractivity contribution in [2.75, 3.05) is 37.4 Å². The number of halogens is 1. The van der Waals surface area contributed by atoms with Crippen LogP contribution in [0.1, 0.15) is 54.6 Å². The number of hydrogen-bond donors (Lipinski definition) is 1. The zero-order valence-electron chi connectivity index (χ0n) is 28.1. The van der Waals surface area contributed by atoms with Gasteiger partial charge in [0.1, 0.15) is 5.82 Å². The Kier molecular flexibility index (Phi) is 9.17. The van der Waals surface area contributed by atoms with E-state index in [0.29, 0.717) is 23.2 Å². The number of nitrogens with one attached hydrogen (secondary N) is 1. The highest BCUT2D eigenvalue weighted by molar-refractivity contribution is 5.95. The monoisotopic (exact) mass is 648 g/mol. The number of aromatic nitrogens is 3. The highest BCUT2D eigenvalue weighted by atomic mass is 19.1. The number of carbonyl (C=O) groups is 2. The van der Waals surface area contributed by atoms with Gasteiger partial charge in [-0.1, -0.05) is 26.0 Å². The summed E-state index contributed by atoms with van der Waals surface area (Å²) in [6, 6.07) is 18.2. The van der Waals surface area contributed by atoms with Crippen molar-refractivity contribution in [2.24, 2.45) is 5.92 Å². The average molecular weight is 649 g/mol. The molecular weight excluding hydrogens is 607 g/mol. The Hall–Kier alpha value is -5.25. The van der Waals surface area contributed by atoms with E-state index in [4.69, 9.17) is 0 Å². The second-order valence-corrected chi connectivity index (χ2v) is 12.9. The summed E-state index contributed by atoms with van der Waals surface area (Å²) in [4.78, 5) is 48.2. The molecule has 1 aliphatic heterocycles. The third kappa shape index (κ3) is 6.47.